The van der Waals surface area contributed by atoms with E-state index in [1.165, 1.54) is 0 Å². The minimum atomic E-state index is -1.14. The predicted molar refractivity (Wildman–Crippen MR) is 102 cm³/mol. The van der Waals surface area contributed by atoms with Crippen molar-refractivity contribution in [2.45, 2.75) is 31.9 Å². The molecule has 0 bridgehead atoms. The Kier molecular flexibility index (Phi) is 5.34. The summed E-state index contributed by atoms with van der Waals surface area (Å²) in [5, 5.41) is 19.1. The van der Waals surface area contributed by atoms with Crippen LogP contribution >= 0.6 is 11.6 Å². The molecule has 2 aromatic heterocycles. The van der Waals surface area contributed by atoms with Gasteiger partial charge in [-0.3, -0.25) is 9.48 Å². The van der Waals surface area contributed by atoms with Crippen LogP contribution in [0.25, 0.3) is 10.9 Å². The third-order valence-electron chi connectivity index (χ3n) is 4.49. The number of aromatic nitrogens is 3. The van der Waals surface area contributed by atoms with Crippen LogP contribution < -0.4 is 5.32 Å². The van der Waals surface area contributed by atoms with E-state index in [0.29, 0.717) is 18.4 Å². The van der Waals surface area contributed by atoms with Crippen molar-refractivity contribution in [3.63, 3.8) is 0 Å². The van der Waals surface area contributed by atoms with Crippen LogP contribution in [-0.2, 0) is 24.0 Å². The summed E-state index contributed by atoms with van der Waals surface area (Å²) in [6, 6.07) is 7.81. The van der Waals surface area contributed by atoms with Gasteiger partial charge in [-0.05, 0) is 37.6 Å². The molecule has 138 valence electrons. The largest absolute Gasteiger partial charge is 0.383 e. The van der Waals surface area contributed by atoms with Gasteiger partial charge in [-0.15, -0.1) is 0 Å². The van der Waals surface area contributed by atoms with Gasteiger partial charge in [-0.2, -0.15) is 5.10 Å². The number of halogens is 1. The summed E-state index contributed by atoms with van der Waals surface area (Å²) in [6.45, 7) is 2.57. The summed E-state index contributed by atoms with van der Waals surface area (Å²) >= 11 is 6.00. The topological polar surface area (TPSA) is 72.1 Å². The number of carbonyl (C=O) groups excluding carboxylic acids is 1. The lowest BCUT2D eigenvalue weighted by molar-refractivity contribution is -0.122. The Morgan fingerprint density at radius 3 is 2.92 bits per heavy atom. The molecule has 0 spiro atoms. The van der Waals surface area contributed by atoms with Gasteiger partial charge in [0.05, 0.1) is 12.7 Å². The monoisotopic (exact) mass is 374 g/mol. The number of nitrogens with zero attached hydrogens (tertiary/aromatic N) is 3. The van der Waals surface area contributed by atoms with Gasteiger partial charge in [0.1, 0.15) is 5.60 Å². The first-order chi connectivity index (χ1) is 12.3. The summed E-state index contributed by atoms with van der Waals surface area (Å²) in [4.78, 5) is 12.1. The van der Waals surface area contributed by atoms with Crippen molar-refractivity contribution < 1.29 is 9.90 Å². The van der Waals surface area contributed by atoms with Crippen LogP contribution in [0.4, 0.5) is 0 Å². The van der Waals surface area contributed by atoms with Gasteiger partial charge >= 0.3 is 0 Å². The molecular weight excluding hydrogens is 352 g/mol. The molecule has 1 aromatic carbocycles. The van der Waals surface area contributed by atoms with Crippen molar-refractivity contribution in [1.29, 1.82) is 0 Å². The summed E-state index contributed by atoms with van der Waals surface area (Å²) in [5.41, 5.74) is 0.645. The number of aryl methyl sites for hydroxylation is 2. The molecule has 3 aromatic rings. The lowest BCUT2D eigenvalue weighted by atomic mass is 10.00. The molecule has 0 saturated heterocycles. The summed E-state index contributed by atoms with van der Waals surface area (Å²) in [7, 11) is 1.79. The number of fused-ring (bicyclic) bond motifs is 1. The second-order valence-electron chi connectivity index (χ2n) is 6.77. The highest BCUT2D eigenvalue weighted by Crippen LogP contribution is 2.21. The molecule has 1 amide bonds. The first-order valence-corrected chi connectivity index (χ1v) is 8.95. The van der Waals surface area contributed by atoms with E-state index in [2.05, 4.69) is 15.0 Å². The highest BCUT2D eigenvalue weighted by molar-refractivity contribution is 6.31. The standard InChI is InChI=1S/C19H23ClN4O2/c1-19(26,15-11-22-23(2)12-15)13-21-18(25)4-3-8-24-9-7-14-10-16(20)5-6-17(14)24/h5-7,9-12,26H,3-4,8,13H2,1-2H3,(H,21,25)/t19-/m1/s1. The van der Waals surface area contributed by atoms with E-state index in [1.54, 1.807) is 31.0 Å². The number of amides is 1. The second kappa shape index (κ2) is 7.51. The van der Waals surface area contributed by atoms with E-state index in [4.69, 9.17) is 11.6 Å². The van der Waals surface area contributed by atoms with Crippen molar-refractivity contribution in [1.82, 2.24) is 19.7 Å². The van der Waals surface area contributed by atoms with Crippen LogP contribution in [0.3, 0.4) is 0 Å². The maximum atomic E-state index is 12.1. The molecule has 7 heteroatoms. The molecule has 1 atom stereocenters. The van der Waals surface area contributed by atoms with Gasteiger partial charge in [0.15, 0.2) is 0 Å². The third kappa shape index (κ3) is 4.26. The molecule has 0 aliphatic carbocycles. The van der Waals surface area contributed by atoms with Gasteiger partial charge in [0, 0.05) is 53.9 Å². The summed E-state index contributed by atoms with van der Waals surface area (Å²) in [5.74, 6) is -0.0753. The number of benzene rings is 1. The number of hydrogen-bond acceptors (Lipinski definition) is 3. The van der Waals surface area contributed by atoms with E-state index < -0.39 is 5.60 Å². The molecular formula is C19H23ClN4O2. The Bertz CT molecular complexity index is 913. The number of rotatable bonds is 7. The van der Waals surface area contributed by atoms with E-state index >= 15 is 0 Å². The van der Waals surface area contributed by atoms with E-state index in [-0.39, 0.29) is 12.5 Å². The van der Waals surface area contributed by atoms with Crippen molar-refractivity contribution >= 4 is 28.4 Å². The van der Waals surface area contributed by atoms with Crippen LogP contribution in [0, 0.1) is 0 Å². The zero-order chi connectivity index (χ0) is 18.7. The van der Waals surface area contributed by atoms with Crippen molar-refractivity contribution in [3.05, 3.63) is 53.4 Å². The van der Waals surface area contributed by atoms with Gasteiger partial charge in [0.25, 0.3) is 0 Å². The predicted octanol–water partition coefficient (Wildman–Crippen LogP) is 2.83. The zero-order valence-corrected chi connectivity index (χ0v) is 15.7. The van der Waals surface area contributed by atoms with Crippen LogP contribution in [-0.4, -0.2) is 31.9 Å². The van der Waals surface area contributed by atoms with Crippen molar-refractivity contribution in [3.8, 4) is 0 Å². The summed E-state index contributed by atoms with van der Waals surface area (Å²) in [6.07, 6.45) is 6.47. The zero-order valence-electron chi connectivity index (χ0n) is 14.9. The fourth-order valence-electron chi connectivity index (χ4n) is 2.94. The van der Waals surface area contributed by atoms with Crippen molar-refractivity contribution in [2.75, 3.05) is 6.54 Å². The number of carbonyl (C=O) groups is 1. The average molecular weight is 375 g/mol. The molecule has 26 heavy (non-hydrogen) atoms. The number of nitrogens with one attached hydrogen (secondary N) is 1. The molecule has 2 N–H and O–H groups in total. The molecule has 0 radical (unpaired) electrons. The molecule has 0 saturated carbocycles. The fourth-order valence-corrected chi connectivity index (χ4v) is 3.12. The highest BCUT2D eigenvalue weighted by atomic mass is 35.5. The number of aliphatic hydroxyl groups is 1. The van der Waals surface area contributed by atoms with Crippen LogP contribution in [0.5, 0.6) is 0 Å². The number of hydrogen-bond donors (Lipinski definition) is 2. The minimum Gasteiger partial charge on any atom is -0.383 e. The van der Waals surface area contributed by atoms with Crippen LogP contribution in [0.2, 0.25) is 5.02 Å². The fraction of sp³-hybridized carbons (Fsp3) is 0.368. The molecule has 6 nitrogen and oxygen atoms in total. The van der Waals surface area contributed by atoms with Crippen LogP contribution in [0.1, 0.15) is 25.3 Å². The minimum absolute atomic E-state index is 0.0753. The summed E-state index contributed by atoms with van der Waals surface area (Å²) < 4.78 is 3.74. The van der Waals surface area contributed by atoms with Gasteiger partial charge < -0.3 is 15.0 Å². The molecule has 3 rings (SSSR count). The van der Waals surface area contributed by atoms with E-state index in [0.717, 1.165) is 22.5 Å². The third-order valence-corrected chi connectivity index (χ3v) is 4.73. The first kappa shape index (κ1) is 18.5. The molecule has 0 fully saturated rings. The smallest absolute Gasteiger partial charge is 0.220 e. The average Bonchev–Trinajstić information content (AvgIpc) is 3.20. The van der Waals surface area contributed by atoms with Gasteiger partial charge in [-0.25, -0.2) is 0 Å². The Labute approximate surface area is 157 Å². The Hall–Kier alpha value is -2.31. The molecule has 0 unspecified atom stereocenters. The quantitative estimate of drug-likeness (QED) is 0.668. The molecule has 2 heterocycles. The highest BCUT2D eigenvalue weighted by Gasteiger charge is 2.25. The van der Waals surface area contributed by atoms with E-state index in [9.17, 15) is 9.90 Å². The Morgan fingerprint density at radius 2 is 2.19 bits per heavy atom. The normalized spacial score (nSPS) is 13.7. The Balaban J connectivity index is 1.48. The molecule has 0 aliphatic heterocycles. The molecule has 0 aliphatic rings. The van der Waals surface area contributed by atoms with Crippen molar-refractivity contribution in [2.24, 2.45) is 7.05 Å². The SMILES string of the molecule is Cn1cc([C@](C)(O)CNC(=O)CCCn2ccc3cc(Cl)ccc32)cn1. The van der Waals surface area contributed by atoms with Crippen LogP contribution in [0.15, 0.2) is 42.9 Å². The lowest BCUT2D eigenvalue weighted by Crippen LogP contribution is -2.38. The van der Waals surface area contributed by atoms with Gasteiger partial charge in [0.2, 0.25) is 5.91 Å². The van der Waals surface area contributed by atoms with Gasteiger partial charge in [-0.1, -0.05) is 11.6 Å². The maximum Gasteiger partial charge on any atom is 0.220 e. The Morgan fingerprint density at radius 1 is 1.38 bits per heavy atom. The lowest BCUT2D eigenvalue weighted by Gasteiger charge is -2.22. The second-order valence-corrected chi connectivity index (χ2v) is 7.21. The maximum absolute atomic E-state index is 12.1. The van der Waals surface area contributed by atoms with E-state index in [1.807, 2.05) is 30.5 Å². The first-order valence-electron chi connectivity index (χ1n) is 8.58.